The predicted molar refractivity (Wildman–Crippen MR) is 151 cm³/mol. The molecule has 0 aliphatic carbocycles. The molecule has 0 unspecified atom stereocenters. The van der Waals surface area contributed by atoms with E-state index in [1.165, 1.54) is 31.3 Å². The van der Waals surface area contributed by atoms with Gasteiger partial charge in [-0.25, -0.2) is 8.42 Å². The summed E-state index contributed by atoms with van der Waals surface area (Å²) in [6, 6.07) is 8.58. The van der Waals surface area contributed by atoms with E-state index < -0.39 is 34.1 Å². The maximum absolute atomic E-state index is 13.9. The van der Waals surface area contributed by atoms with Gasteiger partial charge in [0, 0.05) is 33.8 Å². The monoisotopic (exact) mass is 587 g/mol. The van der Waals surface area contributed by atoms with Gasteiger partial charge in [0.1, 0.15) is 24.1 Å². The number of nitrogens with zero attached hydrogens (tertiary/aromatic N) is 2. The lowest BCUT2D eigenvalue weighted by molar-refractivity contribution is -0.141. The van der Waals surface area contributed by atoms with Crippen molar-refractivity contribution in [2.75, 3.05) is 31.3 Å². The maximum Gasteiger partial charge on any atom is 0.244 e. The van der Waals surface area contributed by atoms with Crippen molar-refractivity contribution in [3.05, 3.63) is 52.0 Å². The zero-order valence-electron chi connectivity index (χ0n) is 22.7. The number of hydrogen-bond donors (Lipinski definition) is 1. The Kier molecular flexibility index (Phi) is 10.7. The van der Waals surface area contributed by atoms with Gasteiger partial charge < -0.3 is 19.7 Å². The van der Waals surface area contributed by atoms with E-state index in [9.17, 15) is 18.0 Å². The van der Waals surface area contributed by atoms with Gasteiger partial charge in [0.2, 0.25) is 21.8 Å². The van der Waals surface area contributed by atoms with E-state index in [4.69, 9.17) is 32.7 Å². The highest BCUT2D eigenvalue weighted by molar-refractivity contribution is 7.92. The first-order valence-electron chi connectivity index (χ1n) is 11.9. The summed E-state index contributed by atoms with van der Waals surface area (Å²) in [4.78, 5) is 28.5. The topological polar surface area (TPSA) is 105 Å². The molecule has 0 aliphatic heterocycles. The van der Waals surface area contributed by atoms with Crippen molar-refractivity contribution < 1.29 is 27.5 Å². The molecule has 12 heteroatoms. The fraction of sp³-hybridized carbons (Fsp3) is 0.462. The summed E-state index contributed by atoms with van der Waals surface area (Å²) >= 11 is 12.8. The lowest BCUT2D eigenvalue weighted by Gasteiger charge is -2.35. The van der Waals surface area contributed by atoms with Crippen LogP contribution in [0.15, 0.2) is 36.4 Å². The van der Waals surface area contributed by atoms with Crippen molar-refractivity contribution in [3.63, 3.8) is 0 Å². The van der Waals surface area contributed by atoms with Crippen molar-refractivity contribution in [3.8, 4) is 11.5 Å². The van der Waals surface area contributed by atoms with Crippen LogP contribution in [0.5, 0.6) is 11.5 Å². The van der Waals surface area contributed by atoms with Gasteiger partial charge in [0.05, 0.1) is 26.2 Å². The van der Waals surface area contributed by atoms with Crippen LogP contribution in [0.25, 0.3) is 0 Å². The van der Waals surface area contributed by atoms with Crippen LogP contribution in [0.3, 0.4) is 0 Å². The number of amides is 2. The molecule has 38 heavy (non-hydrogen) atoms. The Hall–Kier alpha value is -2.69. The van der Waals surface area contributed by atoms with Crippen LogP contribution in [0.2, 0.25) is 10.0 Å². The van der Waals surface area contributed by atoms with Crippen LogP contribution >= 0.6 is 23.2 Å². The third kappa shape index (κ3) is 8.15. The smallest absolute Gasteiger partial charge is 0.244 e. The Balaban J connectivity index is 2.59. The van der Waals surface area contributed by atoms with Crippen LogP contribution in [0.1, 0.15) is 39.7 Å². The second kappa shape index (κ2) is 12.9. The molecular weight excluding hydrogens is 553 g/mol. The number of carbonyl (C=O) groups excluding carboxylic acids is 2. The molecule has 1 N–H and O–H groups in total. The molecule has 1 atom stereocenters. The van der Waals surface area contributed by atoms with E-state index in [2.05, 4.69) is 5.32 Å². The molecule has 2 amide bonds. The Morgan fingerprint density at radius 2 is 1.66 bits per heavy atom. The standard InChI is InChI=1S/C26H35Cl2N3O6S/c1-8-21(25(33)29-26(2,3)4)30(15-18-19(27)10-9-11-20(18)28)24(32)16-31(38(7,34)35)22-13-12-17(36-5)14-23(22)37-6/h9-14,21H,8,15-16H2,1-7H3,(H,29,33)/t21-/m0/s1. The van der Waals surface area contributed by atoms with Crippen LogP contribution in [0.4, 0.5) is 5.69 Å². The van der Waals surface area contributed by atoms with Crippen LogP contribution in [0, 0.1) is 0 Å². The number of halogens is 2. The van der Waals surface area contributed by atoms with Crippen molar-refractivity contribution in [2.45, 2.75) is 52.2 Å². The summed E-state index contributed by atoms with van der Waals surface area (Å²) in [7, 11) is -1.10. The zero-order chi connectivity index (χ0) is 28.8. The Bertz CT molecular complexity index is 1240. The van der Waals surface area contributed by atoms with Gasteiger partial charge >= 0.3 is 0 Å². The second-order valence-corrected chi connectivity index (χ2v) is 12.4. The summed E-state index contributed by atoms with van der Waals surface area (Å²) in [6.07, 6.45) is 1.25. The van der Waals surface area contributed by atoms with Crippen molar-refractivity contribution >= 4 is 50.7 Å². The van der Waals surface area contributed by atoms with Gasteiger partial charge in [-0.1, -0.05) is 36.2 Å². The molecule has 0 heterocycles. The molecule has 2 rings (SSSR count). The fourth-order valence-corrected chi connectivity index (χ4v) is 5.18. The molecule has 2 aromatic carbocycles. The van der Waals surface area contributed by atoms with Gasteiger partial charge in [-0.3, -0.25) is 13.9 Å². The van der Waals surface area contributed by atoms with Crippen molar-refractivity contribution in [1.82, 2.24) is 10.2 Å². The highest BCUT2D eigenvalue weighted by Gasteiger charge is 2.34. The largest absolute Gasteiger partial charge is 0.497 e. The number of carbonyl (C=O) groups is 2. The minimum absolute atomic E-state index is 0.106. The molecule has 0 saturated carbocycles. The van der Waals surface area contributed by atoms with E-state index in [-0.39, 0.29) is 30.3 Å². The quantitative estimate of drug-likeness (QED) is 0.415. The fourth-order valence-electron chi connectivity index (χ4n) is 3.81. The third-order valence-corrected chi connectivity index (χ3v) is 7.44. The van der Waals surface area contributed by atoms with Gasteiger partial charge in [-0.2, -0.15) is 0 Å². The highest BCUT2D eigenvalue weighted by atomic mass is 35.5. The third-order valence-electron chi connectivity index (χ3n) is 5.61. The lowest BCUT2D eigenvalue weighted by Crippen LogP contribution is -2.55. The first kappa shape index (κ1) is 31.5. The normalized spacial score (nSPS) is 12.4. The molecule has 0 bridgehead atoms. The summed E-state index contributed by atoms with van der Waals surface area (Å²) in [5.74, 6) is -0.365. The molecule has 9 nitrogen and oxygen atoms in total. The van der Waals surface area contributed by atoms with E-state index in [0.29, 0.717) is 21.4 Å². The number of nitrogens with one attached hydrogen (secondary N) is 1. The predicted octanol–water partition coefficient (Wildman–Crippen LogP) is 4.50. The van der Waals surface area contributed by atoms with Crippen molar-refractivity contribution in [1.29, 1.82) is 0 Å². The van der Waals surface area contributed by atoms with Crippen molar-refractivity contribution in [2.24, 2.45) is 0 Å². The molecule has 0 saturated heterocycles. The molecule has 210 valence electrons. The van der Waals surface area contributed by atoms with Crippen LogP contribution in [-0.2, 0) is 26.2 Å². The van der Waals surface area contributed by atoms with Gasteiger partial charge in [0.15, 0.2) is 0 Å². The van der Waals surface area contributed by atoms with Gasteiger partial charge in [-0.05, 0) is 51.5 Å². The summed E-state index contributed by atoms with van der Waals surface area (Å²) in [5, 5.41) is 3.54. The molecule has 0 radical (unpaired) electrons. The average Bonchev–Trinajstić information content (AvgIpc) is 2.81. The summed E-state index contributed by atoms with van der Waals surface area (Å²) in [6.45, 7) is 6.55. The molecule has 0 aliphatic rings. The SMILES string of the molecule is CC[C@@H](C(=O)NC(C)(C)C)N(Cc1c(Cl)cccc1Cl)C(=O)CN(c1ccc(OC)cc1OC)S(C)(=O)=O. The second-order valence-electron chi connectivity index (χ2n) is 9.69. The lowest BCUT2D eigenvalue weighted by atomic mass is 10.1. The molecule has 0 fully saturated rings. The summed E-state index contributed by atoms with van der Waals surface area (Å²) < 4.78 is 37.3. The Morgan fingerprint density at radius 3 is 2.13 bits per heavy atom. The molecular formula is C26H35Cl2N3O6S. The minimum atomic E-state index is -3.96. The van der Waals surface area contributed by atoms with Gasteiger partial charge in [-0.15, -0.1) is 0 Å². The van der Waals surface area contributed by atoms with E-state index in [1.54, 1.807) is 31.2 Å². The number of ether oxygens (including phenoxy) is 2. The number of rotatable bonds is 11. The van der Waals surface area contributed by atoms with E-state index >= 15 is 0 Å². The zero-order valence-corrected chi connectivity index (χ0v) is 25.0. The number of methoxy groups -OCH3 is 2. The number of benzene rings is 2. The Morgan fingerprint density at radius 1 is 1.05 bits per heavy atom. The Labute approximate surface area is 235 Å². The minimum Gasteiger partial charge on any atom is -0.497 e. The highest BCUT2D eigenvalue weighted by Crippen LogP contribution is 2.34. The van der Waals surface area contributed by atoms with E-state index in [1.807, 2.05) is 20.8 Å². The number of anilines is 1. The van der Waals surface area contributed by atoms with E-state index in [0.717, 1.165) is 10.6 Å². The first-order valence-corrected chi connectivity index (χ1v) is 14.5. The molecule has 2 aromatic rings. The number of hydrogen-bond acceptors (Lipinski definition) is 6. The molecule has 0 aromatic heterocycles. The molecule has 0 spiro atoms. The first-order chi connectivity index (χ1) is 17.6. The summed E-state index contributed by atoms with van der Waals surface area (Å²) in [5.41, 5.74) is 0.0301. The van der Waals surface area contributed by atoms with Crippen LogP contribution < -0.4 is 19.1 Å². The average molecular weight is 589 g/mol. The van der Waals surface area contributed by atoms with Gasteiger partial charge in [0.25, 0.3) is 0 Å². The van der Waals surface area contributed by atoms with Crippen LogP contribution in [-0.4, -0.2) is 63.7 Å². The number of sulfonamides is 1. The maximum atomic E-state index is 13.9.